The molecule has 1 fully saturated rings. The quantitative estimate of drug-likeness (QED) is 0.838. The smallest absolute Gasteiger partial charge is 0.126 e. The summed E-state index contributed by atoms with van der Waals surface area (Å²) in [6.45, 7) is 2.97. The maximum Gasteiger partial charge on any atom is 0.126 e. The number of benzene rings is 1. The second-order valence-electron chi connectivity index (χ2n) is 5.67. The van der Waals surface area contributed by atoms with Crippen LogP contribution in [0, 0.1) is 11.7 Å². The van der Waals surface area contributed by atoms with Gasteiger partial charge in [-0.1, -0.05) is 38.2 Å². The normalized spacial score (nSPS) is 18.4. The number of nitrogens with one attached hydrogen (secondary N) is 1. The van der Waals surface area contributed by atoms with E-state index in [1.807, 2.05) is 6.92 Å². The van der Waals surface area contributed by atoms with E-state index < -0.39 is 5.82 Å². The molecule has 106 valence electrons. The molecule has 1 aromatic rings. The minimum absolute atomic E-state index is 0.0395. The van der Waals surface area contributed by atoms with Gasteiger partial charge in [-0.05, 0) is 31.9 Å². The van der Waals surface area contributed by atoms with Crippen LogP contribution >= 0.6 is 0 Å². The van der Waals surface area contributed by atoms with Crippen LogP contribution in [0.15, 0.2) is 18.2 Å². The molecule has 0 bridgehead atoms. The SMILES string of the molecule is CC(NCCC1CCCCC1)c1ccc(F)cc1O. The van der Waals surface area contributed by atoms with Gasteiger partial charge in [0.2, 0.25) is 0 Å². The topological polar surface area (TPSA) is 32.3 Å². The third-order valence-electron chi connectivity index (χ3n) is 4.19. The molecule has 1 saturated carbocycles. The average molecular weight is 265 g/mol. The maximum absolute atomic E-state index is 12.9. The van der Waals surface area contributed by atoms with E-state index in [0.29, 0.717) is 0 Å². The molecule has 1 aliphatic rings. The molecule has 0 aromatic heterocycles. The highest BCUT2D eigenvalue weighted by Gasteiger charge is 2.14. The van der Waals surface area contributed by atoms with Crippen molar-refractivity contribution in [3.05, 3.63) is 29.6 Å². The van der Waals surface area contributed by atoms with E-state index in [0.717, 1.165) is 18.0 Å². The lowest BCUT2D eigenvalue weighted by Crippen LogP contribution is -2.22. The Morgan fingerprint density at radius 1 is 1.32 bits per heavy atom. The van der Waals surface area contributed by atoms with Crippen molar-refractivity contribution in [3.8, 4) is 5.75 Å². The molecule has 0 spiro atoms. The summed E-state index contributed by atoms with van der Waals surface area (Å²) in [5.41, 5.74) is 0.769. The number of hydrogen-bond donors (Lipinski definition) is 2. The van der Waals surface area contributed by atoms with Gasteiger partial charge in [0.05, 0.1) is 0 Å². The highest BCUT2D eigenvalue weighted by atomic mass is 19.1. The van der Waals surface area contributed by atoms with Gasteiger partial charge in [0, 0.05) is 17.7 Å². The van der Waals surface area contributed by atoms with Crippen LogP contribution in [-0.2, 0) is 0 Å². The first-order valence-corrected chi connectivity index (χ1v) is 7.38. The van der Waals surface area contributed by atoms with Crippen LogP contribution in [-0.4, -0.2) is 11.7 Å². The van der Waals surface area contributed by atoms with Gasteiger partial charge in [-0.15, -0.1) is 0 Å². The Morgan fingerprint density at radius 3 is 2.74 bits per heavy atom. The average Bonchev–Trinajstić information content (AvgIpc) is 2.39. The summed E-state index contributed by atoms with van der Waals surface area (Å²) in [6, 6.07) is 4.29. The van der Waals surface area contributed by atoms with Crippen LogP contribution in [0.3, 0.4) is 0 Å². The number of hydrogen-bond acceptors (Lipinski definition) is 2. The minimum atomic E-state index is -0.393. The van der Waals surface area contributed by atoms with Crippen molar-refractivity contribution in [2.45, 2.75) is 51.5 Å². The van der Waals surface area contributed by atoms with Gasteiger partial charge in [-0.2, -0.15) is 0 Å². The number of aromatic hydroxyl groups is 1. The van der Waals surface area contributed by atoms with Gasteiger partial charge < -0.3 is 10.4 Å². The van der Waals surface area contributed by atoms with Gasteiger partial charge in [0.25, 0.3) is 0 Å². The standard InChI is InChI=1S/C16H24FNO/c1-12(15-8-7-14(17)11-16(15)19)18-10-9-13-5-3-2-4-6-13/h7-8,11-13,18-19H,2-6,9-10H2,1H3. The predicted octanol–water partition coefficient (Wildman–Crippen LogP) is 4.15. The third kappa shape index (κ3) is 4.20. The number of halogens is 1. The van der Waals surface area contributed by atoms with Crippen LogP contribution in [0.4, 0.5) is 4.39 Å². The summed E-state index contributed by atoms with van der Waals surface area (Å²) in [7, 11) is 0. The van der Waals surface area contributed by atoms with Gasteiger partial charge in [0.1, 0.15) is 11.6 Å². The Kier molecular flexibility index (Phi) is 5.20. The highest BCUT2D eigenvalue weighted by Crippen LogP contribution is 2.27. The molecule has 0 heterocycles. The van der Waals surface area contributed by atoms with Crippen molar-refractivity contribution < 1.29 is 9.50 Å². The first-order valence-electron chi connectivity index (χ1n) is 7.38. The maximum atomic E-state index is 12.9. The summed E-state index contributed by atoms with van der Waals surface area (Å²) >= 11 is 0. The summed E-state index contributed by atoms with van der Waals surface area (Å²) < 4.78 is 12.9. The molecular formula is C16H24FNO. The number of rotatable bonds is 5. The highest BCUT2D eigenvalue weighted by molar-refractivity contribution is 5.34. The molecule has 0 radical (unpaired) electrons. The predicted molar refractivity (Wildman–Crippen MR) is 75.7 cm³/mol. The van der Waals surface area contributed by atoms with E-state index >= 15 is 0 Å². The van der Waals surface area contributed by atoms with Crippen LogP contribution in [0.5, 0.6) is 5.75 Å². The number of phenolic OH excluding ortho intramolecular Hbond substituents is 1. The molecule has 1 atom stereocenters. The molecule has 19 heavy (non-hydrogen) atoms. The Labute approximate surface area is 115 Å². The van der Waals surface area contributed by atoms with Crippen molar-refractivity contribution in [1.29, 1.82) is 0 Å². The first-order chi connectivity index (χ1) is 9.16. The van der Waals surface area contributed by atoms with Crippen LogP contribution in [0.2, 0.25) is 0 Å². The van der Waals surface area contributed by atoms with Crippen LogP contribution in [0.25, 0.3) is 0 Å². The lowest BCUT2D eigenvalue weighted by Gasteiger charge is -2.23. The van der Waals surface area contributed by atoms with Gasteiger partial charge in [-0.3, -0.25) is 0 Å². The molecule has 2 nitrogen and oxygen atoms in total. The second-order valence-corrected chi connectivity index (χ2v) is 5.67. The largest absolute Gasteiger partial charge is 0.508 e. The van der Waals surface area contributed by atoms with E-state index in [9.17, 15) is 9.50 Å². The van der Waals surface area contributed by atoms with Gasteiger partial charge in [0.15, 0.2) is 0 Å². The zero-order valence-corrected chi connectivity index (χ0v) is 11.7. The summed E-state index contributed by atoms with van der Waals surface area (Å²) in [5, 5.41) is 13.2. The zero-order valence-electron chi connectivity index (χ0n) is 11.7. The zero-order chi connectivity index (χ0) is 13.7. The molecule has 0 aliphatic heterocycles. The van der Waals surface area contributed by atoms with Crippen molar-refractivity contribution in [2.75, 3.05) is 6.54 Å². The lowest BCUT2D eigenvalue weighted by atomic mass is 9.87. The van der Waals surface area contributed by atoms with Crippen molar-refractivity contribution in [2.24, 2.45) is 5.92 Å². The Morgan fingerprint density at radius 2 is 2.05 bits per heavy atom. The van der Waals surface area contributed by atoms with Crippen molar-refractivity contribution in [3.63, 3.8) is 0 Å². The Bertz CT molecular complexity index is 402. The summed E-state index contributed by atoms with van der Waals surface area (Å²) in [4.78, 5) is 0. The monoisotopic (exact) mass is 265 g/mol. The fourth-order valence-corrected chi connectivity index (χ4v) is 2.97. The second kappa shape index (κ2) is 6.90. The van der Waals surface area contributed by atoms with E-state index in [1.165, 1.54) is 50.7 Å². The van der Waals surface area contributed by atoms with E-state index in [-0.39, 0.29) is 11.8 Å². The van der Waals surface area contributed by atoms with Crippen LogP contribution in [0.1, 0.15) is 57.1 Å². The Hall–Kier alpha value is -1.09. The minimum Gasteiger partial charge on any atom is -0.508 e. The molecule has 3 heteroatoms. The molecule has 2 rings (SSSR count). The third-order valence-corrected chi connectivity index (χ3v) is 4.19. The fourth-order valence-electron chi connectivity index (χ4n) is 2.97. The van der Waals surface area contributed by atoms with Crippen LogP contribution < -0.4 is 5.32 Å². The Balaban J connectivity index is 1.78. The van der Waals surface area contributed by atoms with E-state index in [2.05, 4.69) is 5.32 Å². The number of phenols is 1. The molecule has 2 N–H and O–H groups in total. The van der Waals surface area contributed by atoms with Crippen molar-refractivity contribution in [1.82, 2.24) is 5.32 Å². The lowest BCUT2D eigenvalue weighted by molar-refractivity contribution is 0.328. The van der Waals surface area contributed by atoms with E-state index in [1.54, 1.807) is 6.07 Å². The van der Waals surface area contributed by atoms with Gasteiger partial charge >= 0.3 is 0 Å². The molecule has 0 saturated heterocycles. The molecule has 1 aliphatic carbocycles. The van der Waals surface area contributed by atoms with Gasteiger partial charge in [-0.25, -0.2) is 4.39 Å². The molecule has 0 amide bonds. The molecule has 1 unspecified atom stereocenters. The first kappa shape index (κ1) is 14.3. The molecule has 1 aromatic carbocycles. The summed E-state index contributed by atoms with van der Waals surface area (Å²) in [5.74, 6) is 0.503. The van der Waals surface area contributed by atoms with E-state index in [4.69, 9.17) is 0 Å². The fraction of sp³-hybridized carbons (Fsp3) is 0.625. The summed E-state index contributed by atoms with van der Waals surface area (Å²) in [6.07, 6.45) is 8.06. The molecular weight excluding hydrogens is 241 g/mol. The van der Waals surface area contributed by atoms with Crippen molar-refractivity contribution >= 4 is 0 Å².